The van der Waals surface area contributed by atoms with Gasteiger partial charge < -0.3 is 10.6 Å². The van der Waals surface area contributed by atoms with Gasteiger partial charge in [-0.15, -0.1) is 0 Å². The molecule has 0 saturated carbocycles. The van der Waals surface area contributed by atoms with Gasteiger partial charge in [-0.05, 0) is 31.2 Å². The van der Waals surface area contributed by atoms with Crippen molar-refractivity contribution in [1.29, 1.82) is 0 Å². The highest BCUT2D eigenvalue weighted by atomic mass is 79.9. The molecule has 0 aliphatic heterocycles. The molecule has 0 aliphatic rings. The maximum atomic E-state index is 13.7. The van der Waals surface area contributed by atoms with E-state index < -0.39 is 23.2 Å². The molecule has 2 N–H and O–H groups in total. The summed E-state index contributed by atoms with van der Waals surface area (Å²) in [6.45, 7) is 2.52. The van der Waals surface area contributed by atoms with E-state index in [1.54, 1.807) is 24.3 Å². The summed E-state index contributed by atoms with van der Waals surface area (Å²) in [5.41, 5.74) is 0.464. The van der Waals surface area contributed by atoms with Crippen LogP contribution < -0.4 is 10.6 Å². The van der Waals surface area contributed by atoms with Crippen LogP contribution in [-0.2, 0) is 0 Å². The number of nitrogens with one attached hydrogen (secondary N) is 2. The molecule has 0 aromatic heterocycles. The van der Waals surface area contributed by atoms with E-state index in [4.69, 9.17) is 0 Å². The van der Waals surface area contributed by atoms with Gasteiger partial charge in [0.05, 0.1) is 5.56 Å². The summed E-state index contributed by atoms with van der Waals surface area (Å²) in [4.78, 5) is 12.2. The Morgan fingerprint density at radius 3 is 2.43 bits per heavy atom. The van der Waals surface area contributed by atoms with Crippen LogP contribution in [-0.4, -0.2) is 12.5 Å². The van der Waals surface area contributed by atoms with Gasteiger partial charge >= 0.3 is 0 Å². The first-order chi connectivity index (χ1) is 10.0. The number of carbonyl (C=O) groups excluding carboxylic acids is 1. The van der Waals surface area contributed by atoms with E-state index in [0.717, 1.165) is 12.1 Å². The molecule has 6 heteroatoms. The summed E-state index contributed by atoms with van der Waals surface area (Å²) >= 11 is 2.99. The lowest BCUT2D eigenvalue weighted by Crippen LogP contribution is -2.16. The number of benzene rings is 2. The number of rotatable bonds is 4. The van der Waals surface area contributed by atoms with Gasteiger partial charge in [0.1, 0.15) is 5.69 Å². The van der Waals surface area contributed by atoms with Crippen molar-refractivity contribution in [2.75, 3.05) is 17.2 Å². The summed E-state index contributed by atoms with van der Waals surface area (Å²) in [5.74, 6) is -2.25. The zero-order chi connectivity index (χ0) is 15.4. The first-order valence-electron chi connectivity index (χ1n) is 6.31. The van der Waals surface area contributed by atoms with E-state index in [9.17, 15) is 13.6 Å². The zero-order valence-corrected chi connectivity index (χ0v) is 12.8. The van der Waals surface area contributed by atoms with Gasteiger partial charge in [-0.1, -0.05) is 28.1 Å². The van der Waals surface area contributed by atoms with Crippen molar-refractivity contribution in [2.45, 2.75) is 6.92 Å². The maximum Gasteiger partial charge on any atom is 0.257 e. The Bertz CT molecular complexity index is 653. The van der Waals surface area contributed by atoms with Crippen molar-refractivity contribution in [1.82, 2.24) is 0 Å². The van der Waals surface area contributed by atoms with Crippen molar-refractivity contribution in [2.24, 2.45) is 0 Å². The average Bonchev–Trinajstić information content (AvgIpc) is 2.43. The molecule has 0 atom stereocenters. The fourth-order valence-electron chi connectivity index (χ4n) is 1.87. The summed E-state index contributed by atoms with van der Waals surface area (Å²) in [5, 5.41) is 5.30. The van der Waals surface area contributed by atoms with Crippen molar-refractivity contribution in [3.8, 4) is 0 Å². The van der Waals surface area contributed by atoms with E-state index in [0.29, 0.717) is 17.8 Å². The normalized spacial score (nSPS) is 10.3. The van der Waals surface area contributed by atoms with Crippen LogP contribution in [0.25, 0.3) is 0 Å². The smallest absolute Gasteiger partial charge is 0.257 e. The second kappa shape index (κ2) is 6.67. The van der Waals surface area contributed by atoms with Crippen LogP contribution in [0.15, 0.2) is 40.9 Å². The summed E-state index contributed by atoms with van der Waals surface area (Å²) in [7, 11) is 0. The number of hydrogen-bond acceptors (Lipinski definition) is 2. The fourth-order valence-corrected chi connectivity index (χ4v) is 2.27. The van der Waals surface area contributed by atoms with Crippen LogP contribution in [0.5, 0.6) is 0 Å². The lowest BCUT2D eigenvalue weighted by atomic mass is 10.1. The monoisotopic (exact) mass is 354 g/mol. The standard InChI is InChI=1S/C15H13BrF2N2O/c1-2-19-13-6-4-3-5-10(13)15(21)20-14-11(17)7-9(16)8-12(14)18/h3-8,19H,2H2,1H3,(H,20,21). The fraction of sp³-hybridized carbons (Fsp3) is 0.133. The van der Waals surface area contributed by atoms with E-state index in [-0.39, 0.29) is 4.47 Å². The molecule has 1 amide bonds. The number of carbonyl (C=O) groups is 1. The van der Waals surface area contributed by atoms with Crippen LogP contribution in [0.2, 0.25) is 0 Å². The van der Waals surface area contributed by atoms with E-state index in [1.807, 2.05) is 6.92 Å². The largest absolute Gasteiger partial charge is 0.385 e. The quantitative estimate of drug-likeness (QED) is 0.853. The number of para-hydroxylation sites is 1. The Morgan fingerprint density at radius 1 is 1.19 bits per heavy atom. The highest BCUT2D eigenvalue weighted by Crippen LogP contribution is 2.25. The van der Waals surface area contributed by atoms with E-state index >= 15 is 0 Å². The Kier molecular flexibility index (Phi) is 4.90. The van der Waals surface area contributed by atoms with Gasteiger partial charge in [0.2, 0.25) is 0 Å². The highest BCUT2D eigenvalue weighted by Gasteiger charge is 2.16. The molecule has 2 aromatic rings. The summed E-state index contributed by atoms with van der Waals surface area (Å²) < 4.78 is 27.7. The molecule has 0 heterocycles. The molecule has 0 aliphatic carbocycles. The van der Waals surface area contributed by atoms with Crippen molar-refractivity contribution >= 4 is 33.2 Å². The molecule has 0 radical (unpaired) electrons. The third-order valence-corrected chi connectivity index (χ3v) is 3.24. The molecular weight excluding hydrogens is 342 g/mol. The molecule has 0 unspecified atom stereocenters. The second-order valence-corrected chi connectivity index (χ2v) is 5.19. The molecular formula is C15H13BrF2N2O. The van der Waals surface area contributed by atoms with Crippen LogP contribution in [0.3, 0.4) is 0 Å². The Hall–Kier alpha value is -1.95. The second-order valence-electron chi connectivity index (χ2n) is 4.27. The zero-order valence-electron chi connectivity index (χ0n) is 11.2. The summed E-state index contributed by atoms with van der Waals surface area (Å²) in [6.07, 6.45) is 0. The van der Waals surface area contributed by atoms with Crippen LogP contribution in [0.1, 0.15) is 17.3 Å². The van der Waals surface area contributed by atoms with Gasteiger partial charge in [-0.3, -0.25) is 4.79 Å². The maximum absolute atomic E-state index is 13.7. The Morgan fingerprint density at radius 2 is 1.81 bits per heavy atom. The minimum Gasteiger partial charge on any atom is -0.385 e. The van der Waals surface area contributed by atoms with Gasteiger partial charge in [0, 0.05) is 16.7 Å². The average molecular weight is 355 g/mol. The van der Waals surface area contributed by atoms with Crippen molar-refractivity contribution in [3.05, 3.63) is 58.1 Å². The topological polar surface area (TPSA) is 41.1 Å². The predicted octanol–water partition coefficient (Wildman–Crippen LogP) is 4.41. The number of halogens is 3. The van der Waals surface area contributed by atoms with Crippen LogP contribution in [0, 0.1) is 11.6 Å². The van der Waals surface area contributed by atoms with Gasteiger partial charge in [0.15, 0.2) is 11.6 Å². The minimum absolute atomic E-state index is 0.267. The highest BCUT2D eigenvalue weighted by molar-refractivity contribution is 9.10. The molecule has 0 spiro atoms. The first-order valence-corrected chi connectivity index (χ1v) is 7.11. The van der Waals surface area contributed by atoms with Crippen LogP contribution >= 0.6 is 15.9 Å². The lowest BCUT2D eigenvalue weighted by Gasteiger charge is -2.12. The molecule has 2 rings (SSSR count). The van der Waals surface area contributed by atoms with Gasteiger partial charge in [-0.2, -0.15) is 0 Å². The van der Waals surface area contributed by atoms with E-state index in [2.05, 4.69) is 26.6 Å². The molecule has 0 saturated heterocycles. The van der Waals surface area contributed by atoms with Crippen molar-refractivity contribution in [3.63, 3.8) is 0 Å². The molecule has 110 valence electrons. The van der Waals surface area contributed by atoms with E-state index in [1.165, 1.54) is 0 Å². The third-order valence-electron chi connectivity index (χ3n) is 2.78. The number of hydrogen-bond donors (Lipinski definition) is 2. The molecule has 2 aromatic carbocycles. The molecule has 3 nitrogen and oxygen atoms in total. The predicted molar refractivity (Wildman–Crippen MR) is 82.6 cm³/mol. The summed E-state index contributed by atoms with van der Waals surface area (Å²) in [6, 6.07) is 8.96. The first kappa shape index (κ1) is 15.4. The number of anilines is 2. The molecule has 21 heavy (non-hydrogen) atoms. The van der Waals surface area contributed by atoms with Crippen molar-refractivity contribution < 1.29 is 13.6 Å². The molecule has 0 fully saturated rings. The molecule has 0 bridgehead atoms. The SMILES string of the molecule is CCNc1ccccc1C(=O)Nc1c(F)cc(Br)cc1F. The van der Waals surface area contributed by atoms with Gasteiger partial charge in [0.25, 0.3) is 5.91 Å². The third kappa shape index (κ3) is 3.58. The minimum atomic E-state index is -0.837. The Labute approximate surface area is 129 Å². The number of amides is 1. The van der Waals surface area contributed by atoms with Crippen LogP contribution in [0.4, 0.5) is 20.2 Å². The Balaban J connectivity index is 2.31. The van der Waals surface area contributed by atoms with Gasteiger partial charge in [-0.25, -0.2) is 8.78 Å². The lowest BCUT2D eigenvalue weighted by molar-refractivity contribution is 0.102.